The van der Waals surface area contributed by atoms with E-state index in [2.05, 4.69) is 4.98 Å². The zero-order chi connectivity index (χ0) is 18.2. The van der Waals surface area contributed by atoms with Crippen LogP contribution >= 0.6 is 0 Å². The number of para-hydroxylation sites is 2. The van der Waals surface area contributed by atoms with Crippen LogP contribution in [0.4, 0.5) is 11.4 Å². The fraction of sp³-hybridized carbons (Fsp3) is 0.0909. The van der Waals surface area contributed by atoms with E-state index < -0.39 is 0 Å². The summed E-state index contributed by atoms with van der Waals surface area (Å²) in [5.74, 6) is -0.101. The van der Waals surface area contributed by atoms with Crippen molar-refractivity contribution < 1.29 is 4.79 Å². The summed E-state index contributed by atoms with van der Waals surface area (Å²) in [5.41, 5.74) is 9.47. The van der Waals surface area contributed by atoms with Gasteiger partial charge in [0.1, 0.15) is 0 Å². The Morgan fingerprint density at radius 1 is 1.00 bits per heavy atom. The van der Waals surface area contributed by atoms with E-state index in [1.165, 1.54) is 0 Å². The molecule has 2 N–H and O–H groups in total. The second-order valence-corrected chi connectivity index (χ2v) is 5.90. The number of nitrogens with zero attached hydrogens (tertiary/aromatic N) is 2. The van der Waals surface area contributed by atoms with Crippen LogP contribution in [0.3, 0.4) is 0 Å². The van der Waals surface area contributed by atoms with Gasteiger partial charge in [0, 0.05) is 25.0 Å². The average Bonchev–Trinajstić information content (AvgIpc) is 2.69. The van der Waals surface area contributed by atoms with E-state index in [0.29, 0.717) is 18.7 Å². The van der Waals surface area contributed by atoms with Crippen LogP contribution in [-0.2, 0) is 11.2 Å². The highest BCUT2D eigenvalue weighted by atomic mass is 16.2. The van der Waals surface area contributed by atoms with Gasteiger partial charge in [-0.1, -0.05) is 48.5 Å². The molecule has 0 aliphatic rings. The molecule has 1 heterocycles. The Labute approximate surface area is 153 Å². The number of nitrogens with two attached hydrogens (primary N) is 1. The molecule has 1 aromatic heterocycles. The topological polar surface area (TPSA) is 59.2 Å². The van der Waals surface area contributed by atoms with Gasteiger partial charge >= 0.3 is 0 Å². The van der Waals surface area contributed by atoms with Crippen molar-refractivity contribution in [1.82, 2.24) is 4.98 Å². The smallest absolute Gasteiger partial charge is 0.251 e. The van der Waals surface area contributed by atoms with Crippen LogP contribution in [0, 0.1) is 0 Å². The minimum Gasteiger partial charge on any atom is -0.397 e. The average molecular weight is 343 g/mol. The Kier molecular flexibility index (Phi) is 5.78. The first-order valence-electron chi connectivity index (χ1n) is 8.52. The van der Waals surface area contributed by atoms with Crippen LogP contribution in [0.25, 0.3) is 6.08 Å². The molecule has 0 bridgehead atoms. The molecular weight excluding hydrogens is 322 g/mol. The molecule has 1 amide bonds. The molecular formula is C22H21N3O. The van der Waals surface area contributed by atoms with Gasteiger partial charge < -0.3 is 10.6 Å². The highest BCUT2D eigenvalue weighted by Crippen LogP contribution is 2.23. The van der Waals surface area contributed by atoms with E-state index in [-0.39, 0.29) is 5.91 Å². The molecule has 0 unspecified atom stereocenters. The molecule has 0 spiro atoms. The van der Waals surface area contributed by atoms with Crippen molar-refractivity contribution in [2.75, 3.05) is 17.2 Å². The van der Waals surface area contributed by atoms with E-state index in [1.807, 2.05) is 72.9 Å². The first-order valence-corrected chi connectivity index (χ1v) is 8.52. The maximum Gasteiger partial charge on any atom is 0.251 e. The molecule has 4 nitrogen and oxygen atoms in total. The Bertz CT molecular complexity index is 876. The zero-order valence-corrected chi connectivity index (χ0v) is 14.5. The summed E-state index contributed by atoms with van der Waals surface area (Å²) in [6, 6.07) is 21.1. The summed E-state index contributed by atoms with van der Waals surface area (Å²) in [6.45, 7) is 0.526. The lowest BCUT2D eigenvalue weighted by molar-refractivity contribution is -0.114. The molecule has 0 saturated heterocycles. The van der Waals surface area contributed by atoms with Gasteiger partial charge in [-0.2, -0.15) is 0 Å². The Balaban J connectivity index is 1.81. The Hall–Kier alpha value is -3.40. The van der Waals surface area contributed by atoms with E-state index in [9.17, 15) is 4.79 Å². The largest absolute Gasteiger partial charge is 0.397 e. The number of pyridine rings is 1. The number of carbonyl (C=O) groups excluding carboxylic acids is 1. The zero-order valence-electron chi connectivity index (χ0n) is 14.5. The Morgan fingerprint density at radius 2 is 1.77 bits per heavy atom. The van der Waals surface area contributed by atoms with Gasteiger partial charge in [0.25, 0.3) is 5.91 Å². The minimum atomic E-state index is -0.101. The number of carbonyl (C=O) groups is 1. The molecule has 0 saturated carbocycles. The SMILES string of the molecule is Nc1ccccc1N(CCc1cccnc1)C(=O)C=Cc1ccccc1. The lowest BCUT2D eigenvalue weighted by Crippen LogP contribution is -2.32. The number of hydrogen-bond acceptors (Lipinski definition) is 3. The van der Waals surface area contributed by atoms with E-state index in [4.69, 9.17) is 5.73 Å². The highest BCUT2D eigenvalue weighted by Gasteiger charge is 2.15. The van der Waals surface area contributed by atoms with Gasteiger partial charge in [0.05, 0.1) is 11.4 Å². The van der Waals surface area contributed by atoms with Crippen molar-refractivity contribution in [1.29, 1.82) is 0 Å². The standard InChI is InChI=1S/C22H21N3O/c23-20-10-4-5-11-21(20)25(16-14-19-9-6-15-24-17-19)22(26)13-12-18-7-2-1-3-8-18/h1-13,15,17H,14,16,23H2. The van der Waals surface area contributed by atoms with Gasteiger partial charge in [-0.3, -0.25) is 9.78 Å². The van der Waals surface area contributed by atoms with Crippen LogP contribution in [0.2, 0.25) is 0 Å². The molecule has 0 aliphatic heterocycles. The lowest BCUT2D eigenvalue weighted by atomic mass is 10.1. The number of nitrogen functional groups attached to an aromatic ring is 1. The predicted molar refractivity (Wildman–Crippen MR) is 107 cm³/mol. The Morgan fingerprint density at radius 3 is 2.50 bits per heavy atom. The van der Waals surface area contributed by atoms with Gasteiger partial charge in [0.2, 0.25) is 0 Å². The first-order chi connectivity index (χ1) is 12.7. The van der Waals surface area contributed by atoms with Crippen molar-refractivity contribution in [3.05, 3.63) is 96.3 Å². The second-order valence-electron chi connectivity index (χ2n) is 5.90. The maximum absolute atomic E-state index is 12.9. The van der Waals surface area contributed by atoms with E-state index in [0.717, 1.165) is 16.8 Å². The van der Waals surface area contributed by atoms with Crippen LogP contribution in [-0.4, -0.2) is 17.4 Å². The molecule has 26 heavy (non-hydrogen) atoms. The maximum atomic E-state index is 12.9. The molecule has 2 aromatic carbocycles. The summed E-state index contributed by atoms with van der Waals surface area (Å²) in [7, 11) is 0. The van der Waals surface area contributed by atoms with Crippen molar-refractivity contribution in [3.8, 4) is 0 Å². The number of hydrogen-bond donors (Lipinski definition) is 1. The highest BCUT2D eigenvalue weighted by molar-refractivity contribution is 6.05. The van der Waals surface area contributed by atoms with Gasteiger partial charge in [-0.25, -0.2) is 0 Å². The summed E-state index contributed by atoms with van der Waals surface area (Å²) >= 11 is 0. The molecule has 0 radical (unpaired) electrons. The van der Waals surface area contributed by atoms with Crippen LogP contribution in [0.15, 0.2) is 85.2 Å². The fourth-order valence-corrected chi connectivity index (χ4v) is 2.69. The first kappa shape index (κ1) is 17.4. The predicted octanol–water partition coefficient (Wildman–Crippen LogP) is 3.95. The summed E-state index contributed by atoms with van der Waals surface area (Å²) in [4.78, 5) is 18.7. The summed E-state index contributed by atoms with van der Waals surface area (Å²) in [6.07, 6.45) is 7.66. The third-order valence-corrected chi connectivity index (χ3v) is 4.06. The molecule has 0 aliphatic carbocycles. The normalized spacial score (nSPS) is 10.8. The van der Waals surface area contributed by atoms with Gasteiger partial charge in [0.15, 0.2) is 0 Å². The summed E-state index contributed by atoms with van der Waals surface area (Å²) in [5, 5.41) is 0. The molecule has 0 atom stereocenters. The number of amides is 1. The van der Waals surface area contributed by atoms with Gasteiger partial charge in [-0.15, -0.1) is 0 Å². The second kappa shape index (κ2) is 8.62. The third-order valence-electron chi connectivity index (χ3n) is 4.06. The molecule has 4 heteroatoms. The number of benzene rings is 2. The molecule has 3 rings (SSSR count). The fourth-order valence-electron chi connectivity index (χ4n) is 2.69. The third kappa shape index (κ3) is 4.57. The quantitative estimate of drug-likeness (QED) is 0.544. The lowest BCUT2D eigenvalue weighted by Gasteiger charge is -2.23. The van der Waals surface area contributed by atoms with Crippen molar-refractivity contribution >= 4 is 23.4 Å². The number of rotatable bonds is 6. The van der Waals surface area contributed by atoms with Crippen LogP contribution in [0.5, 0.6) is 0 Å². The molecule has 3 aromatic rings. The monoisotopic (exact) mass is 343 g/mol. The van der Waals surface area contributed by atoms with E-state index >= 15 is 0 Å². The van der Waals surface area contributed by atoms with Gasteiger partial charge in [-0.05, 0) is 41.8 Å². The number of anilines is 2. The number of aromatic nitrogens is 1. The van der Waals surface area contributed by atoms with Crippen molar-refractivity contribution in [2.45, 2.75) is 6.42 Å². The molecule has 0 fully saturated rings. The van der Waals surface area contributed by atoms with Crippen molar-refractivity contribution in [3.63, 3.8) is 0 Å². The van der Waals surface area contributed by atoms with Crippen LogP contribution < -0.4 is 10.6 Å². The molecule has 130 valence electrons. The van der Waals surface area contributed by atoms with E-state index in [1.54, 1.807) is 23.2 Å². The summed E-state index contributed by atoms with van der Waals surface area (Å²) < 4.78 is 0. The van der Waals surface area contributed by atoms with Crippen LogP contribution in [0.1, 0.15) is 11.1 Å². The van der Waals surface area contributed by atoms with Crippen molar-refractivity contribution in [2.24, 2.45) is 0 Å². The minimum absolute atomic E-state index is 0.101.